The highest BCUT2D eigenvalue weighted by atomic mass is 79.9. The predicted octanol–water partition coefficient (Wildman–Crippen LogP) is 3.12. The molecule has 0 unspecified atom stereocenters. The van der Waals surface area contributed by atoms with Crippen LogP contribution in [0.15, 0.2) is 53.5 Å². The molecular formula is C18H18BrN7. The lowest BCUT2D eigenvalue weighted by molar-refractivity contribution is 0.245. The van der Waals surface area contributed by atoms with Crippen molar-refractivity contribution in [2.24, 2.45) is 0 Å². The molecular weight excluding hydrogens is 394 g/mol. The number of hydrogen-bond acceptors (Lipinski definition) is 5. The first-order valence-electron chi connectivity index (χ1n) is 8.29. The van der Waals surface area contributed by atoms with Crippen molar-refractivity contribution < 1.29 is 0 Å². The molecule has 0 aliphatic carbocycles. The van der Waals surface area contributed by atoms with Crippen LogP contribution in [0.3, 0.4) is 0 Å². The van der Waals surface area contributed by atoms with Gasteiger partial charge in [-0.05, 0) is 24.6 Å². The van der Waals surface area contributed by atoms with Crippen LogP contribution in [0.4, 0.5) is 0 Å². The smallest absolute Gasteiger partial charge is 0.183 e. The third-order valence-electron chi connectivity index (χ3n) is 4.20. The molecule has 1 N–H and O–H groups in total. The molecule has 0 radical (unpaired) electrons. The molecule has 0 aliphatic rings. The maximum atomic E-state index is 4.55. The van der Waals surface area contributed by atoms with Crippen LogP contribution >= 0.6 is 15.9 Å². The summed E-state index contributed by atoms with van der Waals surface area (Å²) in [6, 6.07) is 8.35. The van der Waals surface area contributed by atoms with Crippen LogP contribution < -0.4 is 0 Å². The van der Waals surface area contributed by atoms with Gasteiger partial charge in [-0.15, -0.1) is 10.2 Å². The van der Waals surface area contributed by atoms with Gasteiger partial charge in [-0.2, -0.15) is 5.10 Å². The van der Waals surface area contributed by atoms with Gasteiger partial charge in [0.15, 0.2) is 5.65 Å². The van der Waals surface area contributed by atoms with Gasteiger partial charge in [0.2, 0.25) is 0 Å². The molecule has 3 heterocycles. The lowest BCUT2D eigenvalue weighted by atomic mass is 10.2. The molecule has 26 heavy (non-hydrogen) atoms. The van der Waals surface area contributed by atoms with Crippen molar-refractivity contribution in [3.05, 3.63) is 76.2 Å². The van der Waals surface area contributed by atoms with Crippen molar-refractivity contribution in [2.45, 2.75) is 26.6 Å². The average Bonchev–Trinajstić information content (AvgIpc) is 3.26. The zero-order valence-electron chi connectivity index (χ0n) is 14.3. The van der Waals surface area contributed by atoms with Crippen molar-refractivity contribution in [3.8, 4) is 0 Å². The van der Waals surface area contributed by atoms with Crippen molar-refractivity contribution in [1.29, 1.82) is 0 Å². The van der Waals surface area contributed by atoms with Gasteiger partial charge >= 0.3 is 0 Å². The summed E-state index contributed by atoms with van der Waals surface area (Å²) in [4.78, 5) is 6.87. The van der Waals surface area contributed by atoms with Crippen LogP contribution in [0.25, 0.3) is 5.65 Å². The van der Waals surface area contributed by atoms with E-state index in [0.717, 1.165) is 40.3 Å². The summed E-state index contributed by atoms with van der Waals surface area (Å²) >= 11 is 3.55. The zero-order valence-corrected chi connectivity index (χ0v) is 15.9. The predicted molar refractivity (Wildman–Crippen MR) is 101 cm³/mol. The Bertz CT molecular complexity index is 1010. The topological polar surface area (TPSA) is 75.0 Å². The second-order valence-electron chi connectivity index (χ2n) is 6.20. The first kappa shape index (κ1) is 16.9. The maximum Gasteiger partial charge on any atom is 0.183 e. The summed E-state index contributed by atoms with van der Waals surface area (Å²) in [5.41, 5.74) is 4.07. The summed E-state index contributed by atoms with van der Waals surface area (Å²) < 4.78 is 3.05. The number of fused-ring (bicyclic) bond motifs is 1. The minimum absolute atomic E-state index is 0.667. The number of aromatic amines is 1. The van der Waals surface area contributed by atoms with Crippen LogP contribution in [-0.2, 0) is 19.6 Å². The number of halogens is 1. The van der Waals surface area contributed by atoms with E-state index in [1.807, 2.05) is 36.0 Å². The van der Waals surface area contributed by atoms with E-state index >= 15 is 0 Å². The summed E-state index contributed by atoms with van der Waals surface area (Å²) in [5.74, 6) is 0.858. The van der Waals surface area contributed by atoms with Crippen LogP contribution in [0.5, 0.6) is 0 Å². The molecule has 4 rings (SSSR count). The van der Waals surface area contributed by atoms with E-state index in [4.69, 9.17) is 0 Å². The molecule has 0 saturated carbocycles. The Morgan fingerprint density at radius 2 is 2.04 bits per heavy atom. The van der Waals surface area contributed by atoms with E-state index in [1.54, 1.807) is 6.20 Å². The number of hydrogen-bond donors (Lipinski definition) is 1. The monoisotopic (exact) mass is 411 g/mol. The van der Waals surface area contributed by atoms with Crippen LogP contribution in [0, 0.1) is 6.92 Å². The Morgan fingerprint density at radius 3 is 2.85 bits per heavy atom. The molecule has 0 fully saturated rings. The zero-order chi connectivity index (χ0) is 17.9. The van der Waals surface area contributed by atoms with Crippen LogP contribution in [-0.4, -0.2) is 34.7 Å². The Hall–Kier alpha value is -2.58. The Kier molecular flexibility index (Phi) is 4.77. The van der Waals surface area contributed by atoms with Crippen molar-refractivity contribution in [3.63, 3.8) is 0 Å². The lowest BCUT2D eigenvalue weighted by Gasteiger charge is -2.21. The third kappa shape index (κ3) is 3.66. The highest BCUT2D eigenvalue weighted by Gasteiger charge is 2.14. The number of benzene rings is 1. The van der Waals surface area contributed by atoms with Gasteiger partial charge in [0.25, 0.3) is 0 Å². The SMILES string of the molecule is Cc1nnc2c(CN(Cc3cn[nH]c3)Cc3cccc(Br)c3)nccn12. The second kappa shape index (κ2) is 7.35. The number of nitrogens with one attached hydrogen (secondary N) is 1. The van der Waals surface area contributed by atoms with Gasteiger partial charge in [0, 0.05) is 48.3 Å². The molecule has 4 aromatic rings. The highest BCUT2D eigenvalue weighted by molar-refractivity contribution is 9.10. The summed E-state index contributed by atoms with van der Waals surface area (Å²) in [6.07, 6.45) is 7.46. The van der Waals surface area contributed by atoms with Gasteiger partial charge in [-0.1, -0.05) is 28.1 Å². The first-order chi connectivity index (χ1) is 12.7. The lowest BCUT2D eigenvalue weighted by Crippen LogP contribution is -2.23. The molecule has 1 aromatic carbocycles. The number of nitrogens with zero attached hydrogens (tertiary/aromatic N) is 6. The summed E-state index contributed by atoms with van der Waals surface area (Å²) in [6.45, 7) is 4.16. The molecule has 0 aliphatic heterocycles. The van der Waals surface area contributed by atoms with Crippen LogP contribution in [0.2, 0.25) is 0 Å². The Labute approximate surface area is 159 Å². The fourth-order valence-corrected chi connectivity index (χ4v) is 3.45. The molecule has 7 nitrogen and oxygen atoms in total. The molecule has 0 spiro atoms. The number of rotatable bonds is 6. The largest absolute Gasteiger partial charge is 0.289 e. The number of aryl methyl sites for hydroxylation is 1. The van der Waals surface area contributed by atoms with Crippen molar-refractivity contribution in [2.75, 3.05) is 0 Å². The fraction of sp³-hybridized carbons (Fsp3) is 0.222. The van der Waals surface area contributed by atoms with E-state index in [9.17, 15) is 0 Å². The molecule has 0 amide bonds. The minimum atomic E-state index is 0.667. The Balaban J connectivity index is 1.63. The van der Waals surface area contributed by atoms with Crippen molar-refractivity contribution in [1.82, 2.24) is 34.7 Å². The fourth-order valence-electron chi connectivity index (χ4n) is 3.00. The molecule has 8 heteroatoms. The van der Waals surface area contributed by atoms with Crippen LogP contribution in [0.1, 0.15) is 22.6 Å². The van der Waals surface area contributed by atoms with Gasteiger partial charge in [0.1, 0.15) is 5.82 Å². The number of aromatic nitrogens is 6. The van der Waals surface area contributed by atoms with Gasteiger partial charge in [-0.25, -0.2) is 0 Å². The first-order valence-corrected chi connectivity index (χ1v) is 9.08. The van der Waals surface area contributed by atoms with Gasteiger partial charge in [-0.3, -0.25) is 19.4 Å². The molecule has 0 atom stereocenters. The average molecular weight is 412 g/mol. The quantitative estimate of drug-likeness (QED) is 0.527. The summed E-state index contributed by atoms with van der Waals surface area (Å²) in [7, 11) is 0. The molecule has 0 saturated heterocycles. The molecule has 0 bridgehead atoms. The van der Waals surface area contributed by atoms with Crippen molar-refractivity contribution >= 4 is 21.6 Å². The summed E-state index contributed by atoms with van der Waals surface area (Å²) in [5, 5.41) is 15.4. The van der Waals surface area contributed by atoms with E-state index in [-0.39, 0.29) is 0 Å². The highest BCUT2D eigenvalue weighted by Crippen LogP contribution is 2.18. The maximum absolute atomic E-state index is 4.55. The van der Waals surface area contributed by atoms with E-state index in [0.29, 0.717) is 6.54 Å². The van der Waals surface area contributed by atoms with E-state index < -0.39 is 0 Å². The van der Waals surface area contributed by atoms with E-state index in [1.165, 1.54) is 5.56 Å². The molecule has 132 valence electrons. The number of H-pyrrole nitrogens is 1. The normalized spacial score (nSPS) is 11.5. The van der Waals surface area contributed by atoms with E-state index in [2.05, 4.69) is 64.4 Å². The molecule has 3 aromatic heterocycles. The third-order valence-corrected chi connectivity index (χ3v) is 4.69. The Morgan fingerprint density at radius 1 is 1.15 bits per heavy atom. The van der Waals surface area contributed by atoms with Gasteiger partial charge < -0.3 is 0 Å². The van der Waals surface area contributed by atoms with Gasteiger partial charge in [0.05, 0.1) is 11.9 Å². The standard InChI is InChI=1S/C18H18BrN7/c1-13-23-24-18-17(20-5-6-26(13)18)12-25(11-15-8-21-22-9-15)10-14-3-2-4-16(19)7-14/h2-9H,10-12H2,1H3,(H,21,22). The second-order valence-corrected chi connectivity index (χ2v) is 7.11. The minimum Gasteiger partial charge on any atom is -0.289 e.